The Morgan fingerprint density at radius 3 is 2.30 bits per heavy atom. The molecule has 0 bridgehead atoms. The molecule has 1 aliphatic heterocycles. The Hall–Kier alpha value is -1.44. The molecule has 0 aliphatic carbocycles. The summed E-state index contributed by atoms with van der Waals surface area (Å²) in [6.07, 6.45) is -0.450. The van der Waals surface area contributed by atoms with Gasteiger partial charge < -0.3 is 10.0 Å². The molecule has 6 nitrogen and oxygen atoms in total. The maximum Gasteiger partial charge on any atom is 0.254 e. The third-order valence-corrected chi connectivity index (χ3v) is 4.63. The summed E-state index contributed by atoms with van der Waals surface area (Å²) in [7, 11) is -3.54. The highest BCUT2D eigenvalue weighted by atomic mass is 32.2. The lowest BCUT2D eigenvalue weighted by Gasteiger charge is -2.35. The van der Waals surface area contributed by atoms with Gasteiger partial charge in [-0.1, -0.05) is 0 Å². The van der Waals surface area contributed by atoms with Crippen molar-refractivity contribution < 1.29 is 18.3 Å². The molecule has 7 heteroatoms. The molecule has 110 valence electrons. The number of aliphatic hydroxyl groups is 1. The second kappa shape index (κ2) is 5.51. The number of amides is 1. The van der Waals surface area contributed by atoms with E-state index in [2.05, 4.69) is 4.72 Å². The second-order valence-electron chi connectivity index (χ2n) is 5.16. The molecule has 20 heavy (non-hydrogen) atoms. The van der Waals surface area contributed by atoms with E-state index in [0.29, 0.717) is 18.7 Å². The largest absolute Gasteiger partial charge is 0.389 e. The average molecular weight is 298 g/mol. The molecule has 0 atom stereocenters. The van der Waals surface area contributed by atoms with E-state index < -0.39 is 16.1 Å². The Labute approximate surface area is 118 Å². The first-order chi connectivity index (χ1) is 9.29. The second-order valence-corrected chi connectivity index (χ2v) is 6.88. The normalized spacial score (nSPS) is 16.3. The third-order valence-electron chi connectivity index (χ3n) is 2.95. The zero-order valence-corrected chi connectivity index (χ0v) is 12.2. The molecule has 1 heterocycles. The number of β-amino-alcohol motifs (C(OH)–C–C–N with tert-alkyl or cyclic N) is 1. The fourth-order valence-electron chi connectivity index (χ4n) is 1.96. The Morgan fingerprint density at radius 2 is 1.85 bits per heavy atom. The van der Waals surface area contributed by atoms with Gasteiger partial charge in [-0.05, 0) is 38.1 Å². The predicted molar refractivity (Wildman–Crippen MR) is 73.8 cm³/mol. The maximum absolute atomic E-state index is 12.0. The number of rotatable bonds is 4. The van der Waals surface area contributed by atoms with Crippen LogP contribution in [0.3, 0.4) is 0 Å². The highest BCUT2D eigenvalue weighted by Gasteiger charge is 2.29. The van der Waals surface area contributed by atoms with Crippen molar-refractivity contribution in [1.82, 2.24) is 9.62 Å². The van der Waals surface area contributed by atoms with Crippen molar-refractivity contribution in [2.45, 2.75) is 30.9 Å². The SMILES string of the molecule is CC(C)NS(=O)(=O)c1ccc(C(=O)N2CC(O)C2)cc1. The lowest BCUT2D eigenvalue weighted by atomic mass is 10.1. The van der Waals surface area contributed by atoms with Crippen molar-refractivity contribution in [3.05, 3.63) is 29.8 Å². The number of benzene rings is 1. The van der Waals surface area contributed by atoms with Gasteiger partial charge in [0.2, 0.25) is 10.0 Å². The van der Waals surface area contributed by atoms with Crippen LogP contribution in [0.2, 0.25) is 0 Å². The lowest BCUT2D eigenvalue weighted by molar-refractivity contribution is 0.00589. The molecule has 1 aliphatic rings. The van der Waals surface area contributed by atoms with Crippen molar-refractivity contribution in [2.24, 2.45) is 0 Å². The maximum atomic E-state index is 12.0. The standard InChI is InChI=1S/C13H18N2O4S/c1-9(2)14-20(18,19)12-5-3-10(4-6-12)13(17)15-7-11(16)8-15/h3-6,9,11,14,16H,7-8H2,1-2H3. The fourth-order valence-corrected chi connectivity index (χ4v) is 3.21. The van der Waals surface area contributed by atoms with Gasteiger partial charge in [0, 0.05) is 24.7 Å². The van der Waals surface area contributed by atoms with Crippen LogP contribution in [0.1, 0.15) is 24.2 Å². The highest BCUT2D eigenvalue weighted by molar-refractivity contribution is 7.89. The molecular formula is C13H18N2O4S. The molecule has 0 unspecified atom stereocenters. The average Bonchev–Trinajstić information content (AvgIpc) is 2.33. The topological polar surface area (TPSA) is 86.7 Å². The molecule has 1 amide bonds. The van der Waals surface area contributed by atoms with E-state index in [-0.39, 0.29) is 16.8 Å². The number of sulfonamides is 1. The van der Waals surface area contributed by atoms with Gasteiger partial charge in [-0.25, -0.2) is 13.1 Å². The molecule has 1 aromatic carbocycles. The van der Waals surface area contributed by atoms with Crippen LogP contribution in [-0.2, 0) is 10.0 Å². The minimum absolute atomic E-state index is 0.131. The van der Waals surface area contributed by atoms with Gasteiger partial charge in [0.1, 0.15) is 0 Å². The number of hydrogen-bond acceptors (Lipinski definition) is 4. The monoisotopic (exact) mass is 298 g/mol. The number of likely N-dealkylation sites (tertiary alicyclic amines) is 1. The third kappa shape index (κ3) is 3.17. The fraction of sp³-hybridized carbons (Fsp3) is 0.462. The number of aliphatic hydroxyl groups excluding tert-OH is 1. The van der Waals surface area contributed by atoms with Crippen LogP contribution >= 0.6 is 0 Å². The predicted octanol–water partition coefficient (Wildman–Crippen LogP) is 0.190. The van der Waals surface area contributed by atoms with Gasteiger partial charge in [-0.3, -0.25) is 4.79 Å². The van der Waals surface area contributed by atoms with Crippen molar-refractivity contribution in [2.75, 3.05) is 13.1 Å². The summed E-state index contributed by atoms with van der Waals surface area (Å²) >= 11 is 0. The lowest BCUT2D eigenvalue weighted by Crippen LogP contribution is -2.53. The Kier molecular flexibility index (Phi) is 4.12. The number of hydrogen-bond donors (Lipinski definition) is 2. The summed E-state index contributed by atoms with van der Waals surface area (Å²) in [6, 6.07) is 5.61. The molecular weight excluding hydrogens is 280 g/mol. The summed E-state index contributed by atoms with van der Waals surface area (Å²) in [5.74, 6) is -0.198. The summed E-state index contributed by atoms with van der Waals surface area (Å²) in [5, 5.41) is 9.17. The highest BCUT2D eigenvalue weighted by Crippen LogP contribution is 2.16. The molecule has 1 aromatic rings. The van der Waals surface area contributed by atoms with Crippen LogP contribution in [0.25, 0.3) is 0 Å². The Bertz CT molecular complexity index is 589. The molecule has 1 saturated heterocycles. The van der Waals surface area contributed by atoms with Crippen LogP contribution in [0.15, 0.2) is 29.2 Å². The quantitative estimate of drug-likeness (QED) is 0.831. The van der Waals surface area contributed by atoms with Gasteiger partial charge in [-0.15, -0.1) is 0 Å². The van der Waals surface area contributed by atoms with E-state index >= 15 is 0 Å². The smallest absolute Gasteiger partial charge is 0.254 e. The van der Waals surface area contributed by atoms with E-state index in [4.69, 9.17) is 5.11 Å². The Morgan fingerprint density at radius 1 is 1.30 bits per heavy atom. The molecule has 0 radical (unpaired) electrons. The van der Waals surface area contributed by atoms with Gasteiger partial charge in [0.25, 0.3) is 5.91 Å². The number of carbonyl (C=O) groups is 1. The molecule has 0 aromatic heterocycles. The summed E-state index contributed by atoms with van der Waals surface area (Å²) in [4.78, 5) is 13.6. The van der Waals surface area contributed by atoms with Crippen LogP contribution in [0.5, 0.6) is 0 Å². The van der Waals surface area contributed by atoms with Crippen molar-refractivity contribution in [3.63, 3.8) is 0 Å². The first kappa shape index (κ1) is 15.0. The van der Waals surface area contributed by atoms with Crippen molar-refractivity contribution >= 4 is 15.9 Å². The van der Waals surface area contributed by atoms with Crippen LogP contribution in [0.4, 0.5) is 0 Å². The minimum Gasteiger partial charge on any atom is -0.389 e. The summed E-state index contributed by atoms with van der Waals surface area (Å²) in [5.41, 5.74) is 0.417. The molecule has 1 fully saturated rings. The van der Waals surface area contributed by atoms with E-state index in [1.807, 2.05) is 0 Å². The number of nitrogens with one attached hydrogen (secondary N) is 1. The molecule has 0 spiro atoms. The van der Waals surface area contributed by atoms with Crippen LogP contribution < -0.4 is 4.72 Å². The van der Waals surface area contributed by atoms with Crippen molar-refractivity contribution in [1.29, 1.82) is 0 Å². The van der Waals surface area contributed by atoms with Gasteiger partial charge in [0.15, 0.2) is 0 Å². The number of nitrogens with zero attached hydrogens (tertiary/aromatic N) is 1. The van der Waals surface area contributed by atoms with Crippen LogP contribution in [0, 0.1) is 0 Å². The first-order valence-corrected chi connectivity index (χ1v) is 7.87. The molecule has 0 saturated carbocycles. The van der Waals surface area contributed by atoms with E-state index in [9.17, 15) is 13.2 Å². The van der Waals surface area contributed by atoms with E-state index in [0.717, 1.165) is 0 Å². The van der Waals surface area contributed by atoms with E-state index in [1.54, 1.807) is 13.8 Å². The number of carbonyl (C=O) groups excluding carboxylic acids is 1. The summed E-state index contributed by atoms with van der Waals surface area (Å²) in [6.45, 7) is 4.14. The zero-order valence-electron chi connectivity index (χ0n) is 11.4. The van der Waals surface area contributed by atoms with E-state index in [1.165, 1.54) is 29.2 Å². The Balaban J connectivity index is 2.12. The zero-order chi connectivity index (χ0) is 14.9. The minimum atomic E-state index is -3.54. The van der Waals surface area contributed by atoms with Crippen LogP contribution in [-0.4, -0.2) is 49.6 Å². The summed E-state index contributed by atoms with van der Waals surface area (Å²) < 4.78 is 26.3. The van der Waals surface area contributed by atoms with Gasteiger partial charge in [0.05, 0.1) is 11.0 Å². The molecule has 2 N–H and O–H groups in total. The van der Waals surface area contributed by atoms with Crippen molar-refractivity contribution in [3.8, 4) is 0 Å². The van der Waals surface area contributed by atoms with Gasteiger partial charge in [-0.2, -0.15) is 0 Å². The van der Waals surface area contributed by atoms with Gasteiger partial charge >= 0.3 is 0 Å². The first-order valence-electron chi connectivity index (χ1n) is 6.39. The molecule has 2 rings (SSSR count).